The number of fused-ring (bicyclic) bond motifs is 1. The number of aromatic nitrogens is 1. The molecule has 3 rings (SSSR count). The summed E-state index contributed by atoms with van der Waals surface area (Å²) >= 11 is 7.15. The van der Waals surface area contributed by atoms with Crippen molar-refractivity contribution in [2.45, 2.75) is 31.8 Å². The van der Waals surface area contributed by atoms with Gasteiger partial charge in [0.15, 0.2) is 5.13 Å². The largest absolute Gasteiger partial charge is 0.346 e. The van der Waals surface area contributed by atoms with Crippen LogP contribution in [0.2, 0.25) is 0 Å². The molecule has 0 fully saturated rings. The Hall–Kier alpha value is -0.430. The highest BCUT2D eigenvalue weighted by Gasteiger charge is 2.24. The van der Waals surface area contributed by atoms with E-state index in [1.54, 1.807) is 11.3 Å². The van der Waals surface area contributed by atoms with Crippen LogP contribution in [0.15, 0.2) is 15.9 Å². The molecular formula is C14H18BrN3S2. The van der Waals surface area contributed by atoms with Crippen LogP contribution in [0.3, 0.4) is 0 Å². The van der Waals surface area contributed by atoms with Crippen LogP contribution in [0, 0.1) is 0 Å². The number of nitrogens with zero attached hydrogens (tertiary/aromatic N) is 2. The number of thiazole rings is 1. The van der Waals surface area contributed by atoms with Gasteiger partial charge in [-0.1, -0.05) is 11.3 Å². The van der Waals surface area contributed by atoms with Gasteiger partial charge in [-0.3, -0.25) is 0 Å². The predicted octanol–water partition coefficient (Wildman–Crippen LogP) is 4.20. The molecule has 1 N–H and O–H groups in total. The molecule has 1 unspecified atom stereocenters. The lowest BCUT2D eigenvalue weighted by Gasteiger charge is -2.19. The molecule has 0 saturated carbocycles. The molecule has 0 aliphatic heterocycles. The van der Waals surface area contributed by atoms with E-state index in [4.69, 9.17) is 4.98 Å². The minimum absolute atomic E-state index is 0.495. The molecular weight excluding hydrogens is 354 g/mol. The highest BCUT2D eigenvalue weighted by Crippen LogP contribution is 2.37. The van der Waals surface area contributed by atoms with Crippen LogP contribution in [-0.2, 0) is 13.0 Å². The quantitative estimate of drug-likeness (QED) is 0.872. The summed E-state index contributed by atoms with van der Waals surface area (Å²) < 4.78 is 1.17. The Kier molecular flexibility index (Phi) is 4.45. The number of halogens is 1. The summed E-state index contributed by atoms with van der Waals surface area (Å²) in [6, 6.07) is 2.68. The fraction of sp³-hybridized carbons (Fsp3) is 0.500. The Bertz CT molecular complexity index is 593. The maximum absolute atomic E-state index is 4.85. The average Bonchev–Trinajstić information content (AvgIpc) is 3.04. The van der Waals surface area contributed by atoms with Gasteiger partial charge in [0, 0.05) is 32.7 Å². The summed E-state index contributed by atoms with van der Waals surface area (Å²) in [7, 11) is 4.18. The lowest BCUT2D eigenvalue weighted by Crippen LogP contribution is -2.19. The second-order valence-electron chi connectivity index (χ2n) is 5.13. The van der Waals surface area contributed by atoms with Crippen LogP contribution in [0.1, 0.15) is 34.3 Å². The zero-order valence-corrected chi connectivity index (χ0v) is 14.9. The SMILES string of the molecule is CNC1CCCc2nc(N(C)Cc3cc(Br)cs3)sc21. The van der Waals surface area contributed by atoms with E-state index in [1.165, 1.54) is 32.8 Å². The van der Waals surface area contributed by atoms with E-state index >= 15 is 0 Å². The third-order valence-electron chi connectivity index (χ3n) is 3.63. The standard InChI is InChI=1S/C14H18BrN3S2/c1-16-11-4-3-5-12-13(11)20-14(17-12)18(2)7-10-6-9(15)8-19-10/h6,8,11,16H,3-5,7H2,1-2H3. The average molecular weight is 372 g/mol. The summed E-state index contributed by atoms with van der Waals surface area (Å²) in [4.78, 5) is 9.90. The van der Waals surface area contributed by atoms with Crippen molar-refractivity contribution in [3.63, 3.8) is 0 Å². The van der Waals surface area contributed by atoms with Crippen LogP contribution in [0.25, 0.3) is 0 Å². The molecule has 1 atom stereocenters. The Balaban J connectivity index is 1.78. The van der Waals surface area contributed by atoms with Gasteiger partial charge in [0.05, 0.1) is 12.2 Å². The zero-order valence-electron chi connectivity index (χ0n) is 11.6. The molecule has 6 heteroatoms. The van der Waals surface area contributed by atoms with Gasteiger partial charge in [0.25, 0.3) is 0 Å². The van der Waals surface area contributed by atoms with Crippen molar-refractivity contribution in [2.75, 3.05) is 19.0 Å². The van der Waals surface area contributed by atoms with Crippen molar-refractivity contribution in [3.05, 3.63) is 31.4 Å². The van der Waals surface area contributed by atoms with Crippen molar-refractivity contribution in [1.29, 1.82) is 0 Å². The van der Waals surface area contributed by atoms with Gasteiger partial charge in [-0.2, -0.15) is 0 Å². The molecule has 0 bridgehead atoms. The van der Waals surface area contributed by atoms with E-state index in [2.05, 4.69) is 44.6 Å². The molecule has 20 heavy (non-hydrogen) atoms. The van der Waals surface area contributed by atoms with Gasteiger partial charge in [-0.15, -0.1) is 11.3 Å². The number of thiophene rings is 1. The fourth-order valence-corrected chi connectivity index (χ4v) is 5.30. The lowest BCUT2D eigenvalue weighted by molar-refractivity contribution is 0.501. The number of anilines is 1. The fourth-order valence-electron chi connectivity index (χ4n) is 2.58. The highest BCUT2D eigenvalue weighted by atomic mass is 79.9. The van der Waals surface area contributed by atoms with Crippen LogP contribution < -0.4 is 10.2 Å². The monoisotopic (exact) mass is 371 g/mol. The van der Waals surface area contributed by atoms with Crippen molar-refractivity contribution in [1.82, 2.24) is 10.3 Å². The molecule has 0 spiro atoms. The Morgan fingerprint density at radius 2 is 2.40 bits per heavy atom. The Morgan fingerprint density at radius 3 is 3.10 bits per heavy atom. The van der Waals surface area contributed by atoms with Crippen molar-refractivity contribution in [3.8, 4) is 0 Å². The smallest absolute Gasteiger partial charge is 0.185 e. The van der Waals surface area contributed by atoms with Gasteiger partial charge in [0.1, 0.15) is 0 Å². The molecule has 1 aliphatic carbocycles. The van der Waals surface area contributed by atoms with Crippen LogP contribution in [0.4, 0.5) is 5.13 Å². The van der Waals surface area contributed by atoms with Gasteiger partial charge in [-0.05, 0) is 48.3 Å². The molecule has 0 amide bonds. The highest BCUT2D eigenvalue weighted by molar-refractivity contribution is 9.10. The van der Waals surface area contributed by atoms with E-state index in [-0.39, 0.29) is 0 Å². The molecule has 1 aliphatic rings. The van der Waals surface area contributed by atoms with Crippen LogP contribution in [-0.4, -0.2) is 19.1 Å². The van der Waals surface area contributed by atoms with Crippen molar-refractivity contribution in [2.24, 2.45) is 0 Å². The van der Waals surface area contributed by atoms with Gasteiger partial charge in [-0.25, -0.2) is 4.98 Å². The number of rotatable bonds is 4. The third kappa shape index (κ3) is 2.93. The summed E-state index contributed by atoms with van der Waals surface area (Å²) in [5, 5.41) is 6.69. The third-order valence-corrected chi connectivity index (χ3v) is 6.64. The minimum atomic E-state index is 0.495. The molecule has 0 saturated heterocycles. The van der Waals surface area contributed by atoms with Crippen LogP contribution in [0.5, 0.6) is 0 Å². The molecule has 2 heterocycles. The topological polar surface area (TPSA) is 28.2 Å². The predicted molar refractivity (Wildman–Crippen MR) is 91.0 cm³/mol. The minimum Gasteiger partial charge on any atom is -0.346 e. The summed E-state index contributed by atoms with van der Waals surface area (Å²) in [6.45, 7) is 0.923. The number of hydrogen-bond donors (Lipinski definition) is 1. The Morgan fingerprint density at radius 1 is 1.55 bits per heavy atom. The lowest BCUT2D eigenvalue weighted by atomic mass is 9.98. The number of aryl methyl sites for hydroxylation is 1. The summed E-state index contributed by atoms with van der Waals surface area (Å²) in [5.74, 6) is 0. The van der Waals surface area contributed by atoms with E-state index in [9.17, 15) is 0 Å². The summed E-state index contributed by atoms with van der Waals surface area (Å²) in [5.41, 5.74) is 1.30. The number of hydrogen-bond acceptors (Lipinski definition) is 5. The molecule has 3 nitrogen and oxygen atoms in total. The maximum atomic E-state index is 4.85. The first-order valence-corrected chi connectivity index (χ1v) is 9.27. The first kappa shape index (κ1) is 14.5. The molecule has 0 radical (unpaired) electrons. The van der Waals surface area contributed by atoms with Gasteiger partial charge < -0.3 is 10.2 Å². The van der Waals surface area contributed by atoms with Gasteiger partial charge in [0.2, 0.25) is 0 Å². The molecule has 2 aromatic rings. The van der Waals surface area contributed by atoms with E-state index in [0.29, 0.717) is 6.04 Å². The first-order chi connectivity index (χ1) is 9.67. The second-order valence-corrected chi connectivity index (χ2v) is 8.05. The zero-order chi connectivity index (χ0) is 14.1. The first-order valence-electron chi connectivity index (χ1n) is 6.78. The maximum Gasteiger partial charge on any atom is 0.185 e. The Labute approximate surface area is 136 Å². The molecule has 2 aromatic heterocycles. The van der Waals surface area contributed by atoms with E-state index in [1.807, 2.05) is 18.4 Å². The second kappa shape index (κ2) is 6.13. The molecule has 108 valence electrons. The van der Waals surface area contributed by atoms with E-state index < -0.39 is 0 Å². The van der Waals surface area contributed by atoms with Gasteiger partial charge >= 0.3 is 0 Å². The normalized spacial score (nSPS) is 18.1. The van der Waals surface area contributed by atoms with Crippen molar-refractivity contribution < 1.29 is 0 Å². The van der Waals surface area contributed by atoms with Crippen LogP contribution >= 0.6 is 38.6 Å². The summed E-state index contributed by atoms with van der Waals surface area (Å²) in [6.07, 6.45) is 3.60. The van der Waals surface area contributed by atoms with E-state index in [0.717, 1.165) is 18.1 Å². The number of nitrogens with one attached hydrogen (secondary N) is 1. The molecule has 0 aromatic carbocycles. The van der Waals surface area contributed by atoms with Crippen molar-refractivity contribution >= 4 is 43.7 Å².